The van der Waals surface area contributed by atoms with Crippen molar-refractivity contribution in [3.8, 4) is 0 Å². The molecule has 37 heavy (non-hydrogen) atoms. The normalized spacial score (nSPS) is 18.3. The van der Waals surface area contributed by atoms with Gasteiger partial charge in [-0.25, -0.2) is 0 Å². The van der Waals surface area contributed by atoms with Gasteiger partial charge in [0.15, 0.2) is 0 Å². The van der Waals surface area contributed by atoms with Crippen molar-refractivity contribution in [2.45, 2.75) is 25.7 Å². The number of carbonyl (C=O) groups excluding carboxylic acids is 2. The van der Waals surface area contributed by atoms with Crippen molar-refractivity contribution in [1.82, 2.24) is 19.8 Å². The van der Waals surface area contributed by atoms with E-state index in [2.05, 4.69) is 30.5 Å². The third-order valence-corrected chi connectivity index (χ3v) is 6.28. The van der Waals surface area contributed by atoms with E-state index in [9.17, 15) is 9.59 Å². The van der Waals surface area contributed by atoms with Gasteiger partial charge in [-0.1, -0.05) is 10.4 Å². The van der Waals surface area contributed by atoms with Gasteiger partial charge < -0.3 is 11.5 Å². The van der Waals surface area contributed by atoms with Crippen LogP contribution < -0.4 is 11.5 Å². The summed E-state index contributed by atoms with van der Waals surface area (Å²) in [5, 5.41) is 21.6. The summed E-state index contributed by atoms with van der Waals surface area (Å²) in [6.07, 6.45) is 4.28. The summed E-state index contributed by atoms with van der Waals surface area (Å²) in [5.74, 6) is -0.918. The minimum absolute atomic E-state index is 0.451. The second kappa shape index (κ2) is 12.9. The zero-order valence-electron chi connectivity index (χ0n) is 20.9. The minimum Gasteiger partial charge on any atom is -0.366 e. The van der Waals surface area contributed by atoms with Crippen molar-refractivity contribution in [1.29, 1.82) is 0 Å². The number of nitrogens with two attached hydrogens (primary N) is 2. The molecule has 2 saturated heterocycles. The van der Waals surface area contributed by atoms with Gasteiger partial charge in [0.2, 0.25) is 11.8 Å². The highest BCUT2D eigenvalue weighted by atomic mass is 16.1. The standard InChI is InChI=1S/C25H34N10O2/c26-24(36)20-5-9-22(10-6-20)28-30-34-15-3-1-13-32(18-34)17-33-14-2-4-16-35(19-33)31-29-23-11-7-21(8-12-23)25(27)37/h5-12H,1-4,13-19H2,(H2,26,36)(H2,27,37). The molecule has 2 aliphatic rings. The molecule has 4 rings (SSSR count). The highest BCUT2D eigenvalue weighted by Crippen LogP contribution is 2.18. The van der Waals surface area contributed by atoms with Crippen LogP contribution in [0.2, 0.25) is 0 Å². The molecule has 12 nitrogen and oxygen atoms in total. The summed E-state index contributed by atoms with van der Waals surface area (Å²) in [4.78, 5) is 27.3. The molecule has 2 aromatic carbocycles. The number of carbonyl (C=O) groups is 2. The number of nitrogens with zero attached hydrogens (tertiary/aromatic N) is 8. The van der Waals surface area contributed by atoms with Gasteiger partial charge >= 0.3 is 0 Å². The van der Waals surface area contributed by atoms with Crippen molar-refractivity contribution in [3.05, 3.63) is 59.7 Å². The SMILES string of the molecule is NC(=O)c1ccc(N=NN2CCCCN(CN3CCCCN(N=Nc4ccc(C(N)=O)cc4)C3)C2)cc1. The van der Waals surface area contributed by atoms with E-state index in [0.717, 1.165) is 58.5 Å². The number of rotatable bonds is 8. The predicted molar refractivity (Wildman–Crippen MR) is 139 cm³/mol. The summed E-state index contributed by atoms with van der Waals surface area (Å²) in [5.41, 5.74) is 12.9. The van der Waals surface area contributed by atoms with E-state index in [1.54, 1.807) is 48.5 Å². The van der Waals surface area contributed by atoms with Gasteiger partial charge in [-0.15, -0.1) is 10.2 Å². The molecule has 2 aromatic rings. The first kappa shape index (κ1) is 26.2. The number of hydrogen-bond acceptors (Lipinski definition) is 8. The molecular formula is C25H34N10O2. The van der Waals surface area contributed by atoms with E-state index in [1.807, 2.05) is 10.0 Å². The lowest BCUT2D eigenvalue weighted by atomic mass is 10.2. The van der Waals surface area contributed by atoms with Crippen LogP contribution in [0.3, 0.4) is 0 Å². The average molecular weight is 507 g/mol. The quantitative estimate of drug-likeness (QED) is 0.525. The van der Waals surface area contributed by atoms with Crippen LogP contribution in [0.25, 0.3) is 0 Å². The minimum atomic E-state index is -0.459. The Morgan fingerprint density at radius 3 is 1.38 bits per heavy atom. The molecule has 0 aliphatic carbocycles. The molecule has 0 saturated carbocycles. The molecule has 196 valence electrons. The maximum atomic E-state index is 11.3. The van der Waals surface area contributed by atoms with E-state index < -0.39 is 11.8 Å². The van der Waals surface area contributed by atoms with Crippen molar-refractivity contribution in [2.24, 2.45) is 32.1 Å². The van der Waals surface area contributed by atoms with Gasteiger partial charge in [0, 0.05) is 37.3 Å². The molecule has 0 aromatic heterocycles. The summed E-state index contributed by atoms with van der Waals surface area (Å²) in [7, 11) is 0. The Labute approximate surface area is 216 Å². The zero-order chi connectivity index (χ0) is 26.0. The molecule has 2 fully saturated rings. The summed E-state index contributed by atoms with van der Waals surface area (Å²) >= 11 is 0. The van der Waals surface area contributed by atoms with Crippen LogP contribution in [0.5, 0.6) is 0 Å². The maximum absolute atomic E-state index is 11.3. The predicted octanol–water partition coefficient (Wildman–Crippen LogP) is 3.25. The topological polar surface area (TPSA) is 149 Å². The second-order valence-electron chi connectivity index (χ2n) is 9.29. The number of benzene rings is 2. The van der Waals surface area contributed by atoms with Crippen LogP contribution >= 0.6 is 0 Å². The second-order valence-corrected chi connectivity index (χ2v) is 9.29. The molecule has 0 bridgehead atoms. The van der Waals surface area contributed by atoms with Crippen molar-refractivity contribution < 1.29 is 9.59 Å². The Bertz CT molecular complexity index is 1020. The molecule has 2 heterocycles. The summed E-state index contributed by atoms with van der Waals surface area (Å²) < 4.78 is 0. The fraction of sp³-hybridized carbons (Fsp3) is 0.440. The first-order valence-electron chi connectivity index (χ1n) is 12.5. The van der Waals surface area contributed by atoms with Crippen LogP contribution in [-0.2, 0) is 0 Å². The van der Waals surface area contributed by atoms with E-state index >= 15 is 0 Å². The van der Waals surface area contributed by atoms with E-state index in [4.69, 9.17) is 11.5 Å². The van der Waals surface area contributed by atoms with Crippen molar-refractivity contribution >= 4 is 23.2 Å². The summed E-state index contributed by atoms with van der Waals surface area (Å²) in [6, 6.07) is 13.6. The number of amides is 2. The third kappa shape index (κ3) is 8.05. The highest BCUT2D eigenvalue weighted by Gasteiger charge is 2.20. The van der Waals surface area contributed by atoms with Gasteiger partial charge in [0.25, 0.3) is 0 Å². The lowest BCUT2D eigenvalue weighted by Crippen LogP contribution is -2.44. The fourth-order valence-electron chi connectivity index (χ4n) is 4.28. The Morgan fingerprint density at radius 2 is 1.00 bits per heavy atom. The number of primary amides is 2. The molecule has 2 amide bonds. The van der Waals surface area contributed by atoms with Gasteiger partial charge in [-0.2, -0.15) is 0 Å². The molecule has 2 aliphatic heterocycles. The maximum Gasteiger partial charge on any atom is 0.248 e. The van der Waals surface area contributed by atoms with Gasteiger partial charge in [-0.3, -0.25) is 29.4 Å². The Balaban J connectivity index is 1.32. The molecular weight excluding hydrogens is 472 g/mol. The largest absolute Gasteiger partial charge is 0.366 e. The lowest BCUT2D eigenvalue weighted by Gasteiger charge is -2.31. The molecule has 0 spiro atoms. The zero-order valence-corrected chi connectivity index (χ0v) is 20.9. The van der Waals surface area contributed by atoms with Gasteiger partial charge in [0.1, 0.15) is 0 Å². The molecule has 0 unspecified atom stereocenters. The van der Waals surface area contributed by atoms with Gasteiger partial charge in [-0.05, 0) is 74.2 Å². The van der Waals surface area contributed by atoms with E-state index in [1.165, 1.54) is 0 Å². The van der Waals surface area contributed by atoms with Crippen LogP contribution in [-0.4, -0.2) is 77.8 Å². The molecule has 12 heteroatoms. The molecule has 0 atom stereocenters. The van der Waals surface area contributed by atoms with E-state index in [0.29, 0.717) is 35.8 Å². The van der Waals surface area contributed by atoms with Crippen LogP contribution in [0.1, 0.15) is 46.4 Å². The Hall–Kier alpha value is -3.90. The summed E-state index contributed by atoms with van der Waals surface area (Å²) in [6.45, 7) is 5.84. The highest BCUT2D eigenvalue weighted by molar-refractivity contribution is 5.93. The smallest absolute Gasteiger partial charge is 0.248 e. The Kier molecular flexibility index (Phi) is 9.11. The van der Waals surface area contributed by atoms with Gasteiger partial charge in [0.05, 0.1) is 31.4 Å². The fourth-order valence-corrected chi connectivity index (χ4v) is 4.28. The molecule has 4 N–H and O–H groups in total. The first-order chi connectivity index (χ1) is 18.0. The lowest BCUT2D eigenvalue weighted by molar-refractivity contribution is 0.0535. The van der Waals surface area contributed by atoms with Crippen LogP contribution in [0.4, 0.5) is 11.4 Å². The Morgan fingerprint density at radius 1 is 0.622 bits per heavy atom. The molecule has 0 radical (unpaired) electrons. The van der Waals surface area contributed by atoms with Crippen molar-refractivity contribution in [3.63, 3.8) is 0 Å². The third-order valence-electron chi connectivity index (χ3n) is 6.28. The van der Waals surface area contributed by atoms with Crippen LogP contribution in [0, 0.1) is 0 Å². The van der Waals surface area contributed by atoms with Crippen LogP contribution in [0.15, 0.2) is 69.2 Å². The monoisotopic (exact) mass is 506 g/mol. The van der Waals surface area contributed by atoms with Crippen molar-refractivity contribution in [2.75, 3.05) is 46.2 Å². The number of hydrogen-bond donors (Lipinski definition) is 2. The van der Waals surface area contributed by atoms with E-state index in [-0.39, 0.29) is 0 Å². The average Bonchev–Trinajstić information content (AvgIpc) is 3.27. The first-order valence-corrected chi connectivity index (χ1v) is 12.5.